The Labute approximate surface area is 95.9 Å². The molecule has 0 fully saturated rings. The van der Waals surface area contributed by atoms with Crippen molar-refractivity contribution in [3.63, 3.8) is 0 Å². The van der Waals surface area contributed by atoms with Crippen molar-refractivity contribution in [3.05, 3.63) is 35.6 Å². The van der Waals surface area contributed by atoms with E-state index in [2.05, 4.69) is 5.32 Å². The van der Waals surface area contributed by atoms with Gasteiger partial charge in [-0.25, -0.2) is 4.39 Å². The fourth-order valence-electron chi connectivity index (χ4n) is 1.58. The van der Waals surface area contributed by atoms with Crippen LogP contribution in [-0.4, -0.2) is 17.4 Å². The van der Waals surface area contributed by atoms with Crippen LogP contribution >= 0.6 is 0 Å². The van der Waals surface area contributed by atoms with Gasteiger partial charge < -0.3 is 5.32 Å². The van der Waals surface area contributed by atoms with Crippen LogP contribution in [0, 0.1) is 5.82 Å². The molecule has 0 bridgehead atoms. The number of hydrogen-bond donors (Lipinski definition) is 1. The lowest BCUT2D eigenvalue weighted by atomic mass is 10.0. The van der Waals surface area contributed by atoms with Crippen molar-refractivity contribution in [3.8, 4) is 0 Å². The van der Waals surface area contributed by atoms with Gasteiger partial charge in [0.1, 0.15) is 5.82 Å². The standard InChI is InChI=1S/C13H18FNO/c1-9(15-13(2,3)4)12(16)10-5-7-11(14)8-6-10/h5-9,15H,1-4H3/t9-/m1/s1. The lowest BCUT2D eigenvalue weighted by Gasteiger charge is -2.25. The van der Waals surface area contributed by atoms with Crippen molar-refractivity contribution in [1.29, 1.82) is 0 Å². The highest BCUT2D eigenvalue weighted by Crippen LogP contribution is 2.08. The summed E-state index contributed by atoms with van der Waals surface area (Å²) in [6, 6.07) is 5.36. The molecule has 0 aromatic heterocycles. The third-order valence-electron chi connectivity index (χ3n) is 2.17. The molecule has 1 rings (SSSR count). The Morgan fingerprint density at radius 2 is 1.75 bits per heavy atom. The Hall–Kier alpha value is -1.22. The molecule has 0 radical (unpaired) electrons. The van der Waals surface area contributed by atoms with Gasteiger partial charge in [-0.2, -0.15) is 0 Å². The molecular formula is C13H18FNO. The van der Waals surface area contributed by atoms with Gasteiger partial charge in [0.2, 0.25) is 0 Å². The van der Waals surface area contributed by atoms with E-state index in [0.29, 0.717) is 5.56 Å². The van der Waals surface area contributed by atoms with Gasteiger partial charge in [-0.05, 0) is 52.0 Å². The van der Waals surface area contributed by atoms with Crippen LogP contribution in [0.1, 0.15) is 38.1 Å². The molecule has 0 heterocycles. The van der Waals surface area contributed by atoms with Crippen LogP contribution in [0.5, 0.6) is 0 Å². The van der Waals surface area contributed by atoms with Crippen molar-refractivity contribution < 1.29 is 9.18 Å². The summed E-state index contributed by atoms with van der Waals surface area (Å²) in [6.07, 6.45) is 0. The van der Waals surface area contributed by atoms with E-state index in [4.69, 9.17) is 0 Å². The predicted molar refractivity (Wildman–Crippen MR) is 63.1 cm³/mol. The highest BCUT2D eigenvalue weighted by molar-refractivity contribution is 5.99. The highest BCUT2D eigenvalue weighted by atomic mass is 19.1. The zero-order valence-electron chi connectivity index (χ0n) is 10.2. The van der Waals surface area contributed by atoms with Crippen molar-refractivity contribution in [2.45, 2.75) is 39.3 Å². The second kappa shape index (κ2) is 4.74. The molecule has 0 aliphatic rings. The number of halogens is 1. The number of nitrogens with one attached hydrogen (secondary N) is 1. The molecule has 16 heavy (non-hydrogen) atoms. The van der Waals surface area contributed by atoms with Crippen molar-refractivity contribution >= 4 is 5.78 Å². The smallest absolute Gasteiger partial charge is 0.179 e. The van der Waals surface area contributed by atoms with Crippen LogP contribution in [0.15, 0.2) is 24.3 Å². The molecule has 2 nitrogen and oxygen atoms in total. The highest BCUT2D eigenvalue weighted by Gasteiger charge is 2.20. The van der Waals surface area contributed by atoms with Gasteiger partial charge in [0.05, 0.1) is 6.04 Å². The number of carbonyl (C=O) groups is 1. The van der Waals surface area contributed by atoms with Gasteiger partial charge in [-0.1, -0.05) is 0 Å². The minimum absolute atomic E-state index is 0.0186. The van der Waals surface area contributed by atoms with Gasteiger partial charge in [-0.15, -0.1) is 0 Å². The first kappa shape index (κ1) is 12.8. The summed E-state index contributed by atoms with van der Waals surface area (Å²) in [5.74, 6) is -0.345. The van der Waals surface area contributed by atoms with Gasteiger partial charge in [-0.3, -0.25) is 4.79 Å². The molecule has 3 heteroatoms. The third-order valence-corrected chi connectivity index (χ3v) is 2.17. The van der Waals surface area contributed by atoms with Gasteiger partial charge in [0.15, 0.2) is 5.78 Å². The molecule has 0 aliphatic heterocycles. The van der Waals surface area contributed by atoms with Crippen molar-refractivity contribution in [2.75, 3.05) is 0 Å². The van der Waals surface area contributed by atoms with E-state index in [1.54, 1.807) is 0 Å². The minimum Gasteiger partial charge on any atom is -0.303 e. The molecule has 88 valence electrons. The van der Waals surface area contributed by atoms with E-state index in [9.17, 15) is 9.18 Å². The zero-order chi connectivity index (χ0) is 12.3. The SMILES string of the molecule is C[C@@H](NC(C)(C)C)C(=O)c1ccc(F)cc1. The second-order valence-corrected chi connectivity index (χ2v) is 4.99. The van der Waals surface area contributed by atoms with E-state index in [-0.39, 0.29) is 23.2 Å². The Kier molecular flexibility index (Phi) is 3.81. The lowest BCUT2D eigenvalue weighted by Crippen LogP contribution is -2.46. The first-order valence-electron chi connectivity index (χ1n) is 5.37. The summed E-state index contributed by atoms with van der Waals surface area (Å²) in [5, 5.41) is 3.19. The van der Waals surface area contributed by atoms with Crippen LogP contribution in [0.25, 0.3) is 0 Å². The molecule has 1 N–H and O–H groups in total. The number of benzene rings is 1. The molecule has 0 saturated carbocycles. The average molecular weight is 223 g/mol. The first-order chi connectivity index (χ1) is 7.29. The average Bonchev–Trinajstić information content (AvgIpc) is 2.15. The molecule has 1 aromatic rings. The van der Waals surface area contributed by atoms with Gasteiger partial charge in [0, 0.05) is 11.1 Å². The molecule has 0 unspecified atom stereocenters. The van der Waals surface area contributed by atoms with Crippen LogP contribution in [0.2, 0.25) is 0 Å². The molecular weight excluding hydrogens is 205 g/mol. The molecule has 1 atom stereocenters. The summed E-state index contributed by atoms with van der Waals surface area (Å²) in [6.45, 7) is 7.82. The quantitative estimate of drug-likeness (QED) is 0.798. The number of ketones is 1. The van der Waals surface area contributed by atoms with Gasteiger partial charge in [0.25, 0.3) is 0 Å². The summed E-state index contributed by atoms with van der Waals surface area (Å²) in [5.41, 5.74) is 0.417. The van der Waals surface area contributed by atoms with E-state index in [1.807, 2.05) is 27.7 Å². The summed E-state index contributed by atoms with van der Waals surface area (Å²) in [7, 11) is 0. The lowest BCUT2D eigenvalue weighted by molar-refractivity contribution is 0.0935. The maximum atomic E-state index is 12.7. The van der Waals surface area contributed by atoms with Crippen LogP contribution < -0.4 is 5.32 Å². The maximum Gasteiger partial charge on any atom is 0.179 e. The van der Waals surface area contributed by atoms with Crippen LogP contribution in [-0.2, 0) is 0 Å². The Bertz CT molecular complexity index is 365. The van der Waals surface area contributed by atoms with Crippen molar-refractivity contribution in [2.24, 2.45) is 0 Å². The monoisotopic (exact) mass is 223 g/mol. The Balaban J connectivity index is 2.74. The summed E-state index contributed by atoms with van der Waals surface area (Å²) in [4.78, 5) is 11.9. The number of hydrogen-bond acceptors (Lipinski definition) is 2. The maximum absolute atomic E-state index is 12.7. The third kappa shape index (κ3) is 3.74. The number of rotatable bonds is 3. The summed E-state index contributed by atoms with van der Waals surface area (Å²) >= 11 is 0. The minimum atomic E-state index is -0.326. The number of carbonyl (C=O) groups excluding carboxylic acids is 1. The molecule has 0 spiro atoms. The van der Waals surface area contributed by atoms with E-state index >= 15 is 0 Å². The van der Waals surface area contributed by atoms with Crippen LogP contribution in [0.3, 0.4) is 0 Å². The number of Topliss-reactive ketones (excluding diaryl/α,β-unsaturated/α-hetero) is 1. The molecule has 0 amide bonds. The van der Waals surface area contributed by atoms with Crippen LogP contribution in [0.4, 0.5) is 4.39 Å². The second-order valence-electron chi connectivity index (χ2n) is 4.99. The Morgan fingerprint density at radius 1 is 1.25 bits per heavy atom. The molecule has 0 saturated heterocycles. The fourth-order valence-corrected chi connectivity index (χ4v) is 1.58. The topological polar surface area (TPSA) is 29.1 Å². The van der Waals surface area contributed by atoms with E-state index < -0.39 is 0 Å². The fraction of sp³-hybridized carbons (Fsp3) is 0.462. The summed E-state index contributed by atoms with van der Waals surface area (Å²) < 4.78 is 12.7. The van der Waals surface area contributed by atoms with E-state index in [1.165, 1.54) is 24.3 Å². The van der Waals surface area contributed by atoms with Gasteiger partial charge >= 0.3 is 0 Å². The largest absolute Gasteiger partial charge is 0.303 e. The molecule has 0 aliphatic carbocycles. The predicted octanol–water partition coefficient (Wildman–Crippen LogP) is 2.79. The zero-order valence-corrected chi connectivity index (χ0v) is 10.2. The Morgan fingerprint density at radius 3 is 2.19 bits per heavy atom. The molecule has 1 aromatic carbocycles. The first-order valence-corrected chi connectivity index (χ1v) is 5.37. The normalized spacial score (nSPS) is 13.6. The van der Waals surface area contributed by atoms with Crippen molar-refractivity contribution in [1.82, 2.24) is 5.32 Å². The van der Waals surface area contributed by atoms with E-state index in [0.717, 1.165) is 0 Å².